The molecule has 0 bridgehead atoms. The Bertz CT molecular complexity index is 943. The van der Waals surface area contributed by atoms with Gasteiger partial charge in [-0.05, 0) is 24.3 Å². The zero-order valence-corrected chi connectivity index (χ0v) is 14.9. The van der Waals surface area contributed by atoms with Gasteiger partial charge in [0.2, 0.25) is 5.91 Å². The van der Waals surface area contributed by atoms with Crippen molar-refractivity contribution < 1.29 is 18.0 Å². The molecule has 0 saturated heterocycles. The molecule has 1 aromatic carbocycles. The fraction of sp³-hybridized carbons (Fsp3) is 0.176. The van der Waals surface area contributed by atoms with Crippen molar-refractivity contribution in [3.05, 3.63) is 54.4 Å². The van der Waals surface area contributed by atoms with Crippen molar-refractivity contribution in [3.63, 3.8) is 0 Å². The Morgan fingerprint density at radius 2 is 1.96 bits per heavy atom. The number of carbonyl (C=O) groups is 1. The zero-order valence-electron chi connectivity index (χ0n) is 14.1. The smallest absolute Gasteiger partial charge is 0.325 e. The highest BCUT2D eigenvalue weighted by molar-refractivity contribution is 7.99. The second-order valence-corrected chi connectivity index (χ2v) is 6.43. The number of anilines is 1. The molecule has 1 amide bonds. The molecule has 6 nitrogen and oxygen atoms in total. The Labute approximate surface area is 156 Å². The van der Waals surface area contributed by atoms with Crippen LogP contribution in [-0.4, -0.2) is 31.4 Å². The SMILES string of the molecule is Cn1c(SCC(=O)Nc2ccccc2C(F)(F)F)nnc1-c1cccnc1. The van der Waals surface area contributed by atoms with E-state index in [1.54, 1.807) is 30.1 Å². The lowest BCUT2D eigenvalue weighted by atomic mass is 10.1. The molecule has 0 spiro atoms. The van der Waals surface area contributed by atoms with Crippen molar-refractivity contribution >= 4 is 23.4 Å². The summed E-state index contributed by atoms with van der Waals surface area (Å²) in [5, 5.41) is 10.8. The monoisotopic (exact) mass is 393 g/mol. The maximum Gasteiger partial charge on any atom is 0.418 e. The summed E-state index contributed by atoms with van der Waals surface area (Å²) in [6.45, 7) is 0. The molecule has 3 aromatic rings. The van der Waals surface area contributed by atoms with Crippen molar-refractivity contribution in [1.82, 2.24) is 19.7 Å². The molecular weight excluding hydrogens is 379 g/mol. The van der Waals surface area contributed by atoms with E-state index >= 15 is 0 Å². The van der Waals surface area contributed by atoms with Gasteiger partial charge in [-0.1, -0.05) is 23.9 Å². The second-order valence-electron chi connectivity index (χ2n) is 5.49. The predicted molar refractivity (Wildman–Crippen MR) is 95.0 cm³/mol. The molecule has 0 aliphatic rings. The molecule has 2 aromatic heterocycles. The van der Waals surface area contributed by atoms with Crippen LogP contribution in [0.1, 0.15) is 5.56 Å². The van der Waals surface area contributed by atoms with Gasteiger partial charge in [0.05, 0.1) is 17.0 Å². The van der Waals surface area contributed by atoms with E-state index in [0.717, 1.165) is 23.4 Å². The minimum absolute atomic E-state index is 0.106. The van der Waals surface area contributed by atoms with Crippen molar-refractivity contribution in [1.29, 1.82) is 0 Å². The van der Waals surface area contributed by atoms with Crippen molar-refractivity contribution in [2.45, 2.75) is 11.3 Å². The van der Waals surface area contributed by atoms with Gasteiger partial charge in [0, 0.05) is 25.0 Å². The average Bonchev–Trinajstić information content (AvgIpc) is 3.01. The first-order valence-electron chi connectivity index (χ1n) is 7.75. The zero-order chi connectivity index (χ0) is 19.4. The van der Waals surface area contributed by atoms with Crippen LogP contribution in [-0.2, 0) is 18.0 Å². The number of alkyl halides is 3. The molecule has 0 atom stereocenters. The number of carbonyl (C=O) groups excluding carboxylic acids is 1. The van der Waals surface area contributed by atoms with E-state index in [4.69, 9.17) is 0 Å². The van der Waals surface area contributed by atoms with E-state index in [0.29, 0.717) is 11.0 Å². The van der Waals surface area contributed by atoms with E-state index < -0.39 is 17.6 Å². The summed E-state index contributed by atoms with van der Waals surface area (Å²) in [4.78, 5) is 16.1. The normalized spacial score (nSPS) is 11.4. The third-order valence-electron chi connectivity index (χ3n) is 3.59. The molecule has 0 unspecified atom stereocenters. The third kappa shape index (κ3) is 4.45. The number of aromatic nitrogens is 4. The first kappa shape index (κ1) is 18.9. The Kier molecular flexibility index (Phi) is 5.45. The van der Waals surface area contributed by atoms with E-state index in [1.807, 2.05) is 6.07 Å². The lowest BCUT2D eigenvalue weighted by molar-refractivity contribution is -0.137. The van der Waals surface area contributed by atoms with Gasteiger partial charge in [-0.2, -0.15) is 13.2 Å². The van der Waals surface area contributed by atoms with Gasteiger partial charge in [-0.15, -0.1) is 10.2 Å². The van der Waals surface area contributed by atoms with Crippen LogP contribution in [0, 0.1) is 0 Å². The van der Waals surface area contributed by atoms with E-state index in [1.165, 1.54) is 18.2 Å². The first-order chi connectivity index (χ1) is 12.9. The van der Waals surface area contributed by atoms with Gasteiger partial charge in [-0.3, -0.25) is 9.78 Å². The number of nitrogens with one attached hydrogen (secondary N) is 1. The quantitative estimate of drug-likeness (QED) is 0.671. The van der Waals surface area contributed by atoms with Crippen molar-refractivity contribution in [2.75, 3.05) is 11.1 Å². The summed E-state index contributed by atoms with van der Waals surface area (Å²) in [5.74, 6) is -0.0957. The van der Waals surface area contributed by atoms with Crippen molar-refractivity contribution in [3.8, 4) is 11.4 Å². The summed E-state index contributed by atoms with van der Waals surface area (Å²) < 4.78 is 40.6. The number of hydrogen-bond donors (Lipinski definition) is 1. The fourth-order valence-electron chi connectivity index (χ4n) is 2.34. The van der Waals surface area contributed by atoms with Crippen LogP contribution >= 0.6 is 11.8 Å². The largest absolute Gasteiger partial charge is 0.418 e. The Morgan fingerprint density at radius 3 is 2.67 bits per heavy atom. The molecule has 27 heavy (non-hydrogen) atoms. The van der Waals surface area contributed by atoms with Gasteiger partial charge in [0.25, 0.3) is 0 Å². The molecule has 0 aliphatic heterocycles. The molecule has 0 saturated carbocycles. The summed E-state index contributed by atoms with van der Waals surface area (Å²) in [7, 11) is 1.74. The first-order valence-corrected chi connectivity index (χ1v) is 8.73. The van der Waals surface area contributed by atoms with Crippen LogP contribution in [0.25, 0.3) is 11.4 Å². The minimum atomic E-state index is -4.54. The standard InChI is InChI=1S/C17H14F3N5OS/c1-25-15(11-5-4-8-21-9-11)23-24-16(25)27-10-14(26)22-13-7-3-2-6-12(13)17(18,19)20/h2-9H,10H2,1H3,(H,22,26). The highest BCUT2D eigenvalue weighted by atomic mass is 32.2. The molecule has 10 heteroatoms. The highest BCUT2D eigenvalue weighted by Crippen LogP contribution is 2.34. The second kappa shape index (κ2) is 7.78. The summed E-state index contributed by atoms with van der Waals surface area (Å²) in [6, 6.07) is 8.43. The highest BCUT2D eigenvalue weighted by Gasteiger charge is 2.33. The minimum Gasteiger partial charge on any atom is -0.325 e. The number of pyridine rings is 1. The number of rotatable bonds is 5. The van der Waals surface area contributed by atoms with Crippen LogP contribution in [0.3, 0.4) is 0 Å². The maximum atomic E-state index is 13.0. The maximum absolute atomic E-state index is 13.0. The number of hydrogen-bond acceptors (Lipinski definition) is 5. The van der Waals surface area contributed by atoms with Gasteiger partial charge in [-0.25, -0.2) is 0 Å². The van der Waals surface area contributed by atoms with Crippen LogP contribution in [0.15, 0.2) is 53.9 Å². The molecule has 0 fully saturated rings. The predicted octanol–water partition coefficient (Wildman–Crippen LogP) is 3.63. The Hall–Kier alpha value is -2.88. The van der Waals surface area contributed by atoms with E-state index in [-0.39, 0.29) is 11.4 Å². The van der Waals surface area contributed by atoms with Crippen LogP contribution < -0.4 is 5.32 Å². The molecular formula is C17H14F3N5OS. The number of amides is 1. The average molecular weight is 393 g/mol. The van der Waals surface area contributed by atoms with Crippen LogP contribution in [0.2, 0.25) is 0 Å². The topological polar surface area (TPSA) is 72.7 Å². The van der Waals surface area contributed by atoms with E-state index in [2.05, 4.69) is 20.5 Å². The number of para-hydroxylation sites is 1. The summed E-state index contributed by atoms with van der Waals surface area (Å²) in [5.41, 5.74) is -0.395. The Morgan fingerprint density at radius 1 is 1.19 bits per heavy atom. The van der Waals surface area contributed by atoms with Gasteiger partial charge in [0.15, 0.2) is 11.0 Å². The summed E-state index contributed by atoms with van der Waals surface area (Å²) >= 11 is 1.08. The molecule has 1 N–H and O–H groups in total. The number of nitrogens with zero attached hydrogens (tertiary/aromatic N) is 4. The number of benzene rings is 1. The molecule has 3 rings (SSSR count). The molecule has 2 heterocycles. The van der Waals surface area contributed by atoms with Crippen LogP contribution in [0.5, 0.6) is 0 Å². The van der Waals surface area contributed by atoms with Crippen LogP contribution in [0.4, 0.5) is 18.9 Å². The van der Waals surface area contributed by atoms with Gasteiger partial charge >= 0.3 is 6.18 Å². The lowest BCUT2D eigenvalue weighted by Gasteiger charge is -2.13. The number of halogens is 3. The third-order valence-corrected chi connectivity index (χ3v) is 4.61. The molecule has 140 valence electrons. The molecule has 0 aliphatic carbocycles. The fourth-order valence-corrected chi connectivity index (χ4v) is 3.05. The van der Waals surface area contributed by atoms with Gasteiger partial charge < -0.3 is 9.88 Å². The number of thioether (sulfide) groups is 1. The van der Waals surface area contributed by atoms with Gasteiger partial charge in [0.1, 0.15) is 0 Å². The van der Waals surface area contributed by atoms with Crippen molar-refractivity contribution in [2.24, 2.45) is 7.05 Å². The van der Waals surface area contributed by atoms with E-state index in [9.17, 15) is 18.0 Å². The molecule has 0 radical (unpaired) electrons. The Balaban J connectivity index is 1.67. The summed E-state index contributed by atoms with van der Waals surface area (Å²) in [6.07, 6.45) is -1.27. The lowest BCUT2D eigenvalue weighted by Crippen LogP contribution is -2.18.